The minimum Gasteiger partial charge on any atom is -0.345 e. The fourth-order valence-electron chi connectivity index (χ4n) is 2.40. The van der Waals surface area contributed by atoms with Crippen LogP contribution in [-0.2, 0) is 5.41 Å². The molecule has 0 saturated carbocycles. The van der Waals surface area contributed by atoms with Crippen molar-refractivity contribution in [3.05, 3.63) is 36.5 Å². The molecule has 4 rings (SSSR count). The van der Waals surface area contributed by atoms with Crippen molar-refractivity contribution in [2.75, 3.05) is 4.93 Å². The zero-order valence-electron chi connectivity index (χ0n) is 14.1. The van der Waals surface area contributed by atoms with Gasteiger partial charge in [-0.1, -0.05) is 43.4 Å². The number of alkyl halides is 1. The Morgan fingerprint density at radius 1 is 0.917 bits per heavy atom. The smallest absolute Gasteiger partial charge is 0.158 e. The number of aromatic nitrogens is 6. The van der Waals surface area contributed by atoms with Gasteiger partial charge in [-0.25, -0.2) is 15.0 Å². The second-order valence-electron chi connectivity index (χ2n) is 6.41. The lowest BCUT2D eigenvalue weighted by molar-refractivity contribution is 0.565. The Morgan fingerprint density at radius 2 is 1.71 bits per heavy atom. The molecule has 0 aliphatic heterocycles. The highest BCUT2D eigenvalue weighted by molar-refractivity contribution is 14.1. The Hall–Kier alpha value is -2.03. The van der Waals surface area contributed by atoms with Crippen LogP contribution in [0.2, 0.25) is 0 Å². The van der Waals surface area contributed by atoms with E-state index < -0.39 is 0 Å². The molecule has 0 unspecified atom stereocenters. The van der Waals surface area contributed by atoms with Crippen molar-refractivity contribution in [3.63, 3.8) is 0 Å². The van der Waals surface area contributed by atoms with Crippen LogP contribution in [0.15, 0.2) is 30.9 Å². The fraction of sp³-hybridized carbons (Fsp3) is 0.294. The molecular formula is C17H19IN6. The molecule has 4 aromatic rings. The molecule has 24 heavy (non-hydrogen) atoms. The number of nitrogens with zero attached hydrogens (tertiary/aromatic N) is 4. The van der Waals surface area contributed by atoms with Crippen molar-refractivity contribution in [3.8, 4) is 11.5 Å². The molecule has 0 aliphatic rings. The first kappa shape index (κ1) is 16.8. The molecule has 6 nitrogen and oxygen atoms in total. The van der Waals surface area contributed by atoms with Crippen LogP contribution < -0.4 is 0 Å². The number of hydrogen-bond donors (Lipinski definition) is 2. The van der Waals surface area contributed by atoms with Crippen molar-refractivity contribution < 1.29 is 0 Å². The van der Waals surface area contributed by atoms with Gasteiger partial charge in [0.05, 0.1) is 40.3 Å². The van der Waals surface area contributed by atoms with Gasteiger partial charge in [0, 0.05) is 11.6 Å². The fourth-order valence-corrected chi connectivity index (χ4v) is 2.40. The SMILES string of the molecule is CC(C)(C)c1cnc(-c2nc3cc4nc[nH]c4cc3[nH]2)cn1.CI. The second-order valence-corrected chi connectivity index (χ2v) is 6.41. The third kappa shape index (κ3) is 3.12. The van der Waals surface area contributed by atoms with Crippen molar-refractivity contribution >= 4 is 44.7 Å². The topological polar surface area (TPSA) is 83.1 Å². The first-order valence-electron chi connectivity index (χ1n) is 7.54. The molecule has 3 aromatic heterocycles. The normalized spacial score (nSPS) is 11.5. The Morgan fingerprint density at radius 3 is 2.38 bits per heavy atom. The highest BCUT2D eigenvalue weighted by Crippen LogP contribution is 2.24. The van der Waals surface area contributed by atoms with E-state index in [1.54, 1.807) is 12.5 Å². The summed E-state index contributed by atoms with van der Waals surface area (Å²) in [6.07, 6.45) is 5.26. The Balaban J connectivity index is 0.000000815. The summed E-state index contributed by atoms with van der Waals surface area (Å²) in [4.78, 5) is 26.2. The van der Waals surface area contributed by atoms with E-state index in [4.69, 9.17) is 0 Å². The van der Waals surface area contributed by atoms with Crippen LogP contribution in [0.1, 0.15) is 26.5 Å². The second kappa shape index (κ2) is 6.46. The predicted molar refractivity (Wildman–Crippen MR) is 105 cm³/mol. The van der Waals surface area contributed by atoms with Gasteiger partial charge < -0.3 is 9.97 Å². The van der Waals surface area contributed by atoms with Gasteiger partial charge in [-0.3, -0.25) is 4.98 Å². The molecule has 0 radical (unpaired) electrons. The number of nitrogens with one attached hydrogen (secondary N) is 2. The zero-order chi connectivity index (χ0) is 17.3. The van der Waals surface area contributed by atoms with Gasteiger partial charge in [-0.15, -0.1) is 0 Å². The van der Waals surface area contributed by atoms with Gasteiger partial charge in [0.2, 0.25) is 0 Å². The van der Waals surface area contributed by atoms with Crippen molar-refractivity contribution in [2.24, 2.45) is 0 Å². The average molecular weight is 434 g/mol. The van der Waals surface area contributed by atoms with Crippen LogP contribution in [-0.4, -0.2) is 34.8 Å². The molecule has 0 fully saturated rings. The minimum absolute atomic E-state index is 0.0100. The van der Waals surface area contributed by atoms with E-state index in [9.17, 15) is 0 Å². The molecule has 2 N–H and O–H groups in total. The van der Waals surface area contributed by atoms with Crippen LogP contribution >= 0.6 is 22.6 Å². The number of benzene rings is 1. The first-order valence-corrected chi connectivity index (χ1v) is 9.70. The molecule has 1 aromatic carbocycles. The number of H-pyrrole nitrogens is 2. The van der Waals surface area contributed by atoms with E-state index in [0.29, 0.717) is 0 Å². The number of rotatable bonds is 1. The van der Waals surface area contributed by atoms with Crippen LogP contribution in [0.4, 0.5) is 0 Å². The van der Waals surface area contributed by atoms with Crippen LogP contribution in [0.3, 0.4) is 0 Å². The lowest BCUT2D eigenvalue weighted by atomic mass is 9.93. The van der Waals surface area contributed by atoms with E-state index >= 15 is 0 Å². The standard InChI is InChI=1S/C16H16N6.CH3I/c1-16(2,3)14-7-17-13(6-18-14)15-21-11-4-9-10(20-8-19-9)5-12(11)22-15;1-2/h4-8H,1-3H3,(H,19,20)(H,21,22);1H3. The molecule has 7 heteroatoms. The van der Waals surface area contributed by atoms with E-state index in [2.05, 4.69) is 73.3 Å². The summed E-state index contributed by atoms with van der Waals surface area (Å²) in [6.45, 7) is 6.35. The lowest BCUT2D eigenvalue weighted by Gasteiger charge is -2.16. The van der Waals surface area contributed by atoms with E-state index in [1.165, 1.54) is 0 Å². The Kier molecular flexibility index (Phi) is 4.53. The molecule has 0 bridgehead atoms. The van der Waals surface area contributed by atoms with Gasteiger partial charge in [0.15, 0.2) is 5.82 Å². The number of halogens is 1. The van der Waals surface area contributed by atoms with Gasteiger partial charge in [0.1, 0.15) is 5.69 Å². The van der Waals surface area contributed by atoms with Gasteiger partial charge in [-0.05, 0) is 17.1 Å². The van der Waals surface area contributed by atoms with Crippen molar-refractivity contribution in [2.45, 2.75) is 26.2 Å². The van der Waals surface area contributed by atoms with Crippen LogP contribution in [0.5, 0.6) is 0 Å². The summed E-state index contributed by atoms with van der Waals surface area (Å²) in [6, 6.07) is 3.96. The number of aromatic amines is 2. The Labute approximate surface area is 153 Å². The first-order chi connectivity index (χ1) is 11.5. The number of imidazole rings is 2. The quantitative estimate of drug-likeness (QED) is 0.347. The molecule has 0 saturated heterocycles. The number of fused-ring (bicyclic) bond motifs is 2. The number of hydrogen-bond acceptors (Lipinski definition) is 4. The third-order valence-electron chi connectivity index (χ3n) is 3.69. The van der Waals surface area contributed by atoms with E-state index in [0.717, 1.165) is 39.3 Å². The third-order valence-corrected chi connectivity index (χ3v) is 3.69. The van der Waals surface area contributed by atoms with Gasteiger partial charge >= 0.3 is 0 Å². The van der Waals surface area contributed by atoms with Crippen molar-refractivity contribution in [1.82, 2.24) is 29.9 Å². The van der Waals surface area contributed by atoms with Gasteiger partial charge in [-0.2, -0.15) is 0 Å². The highest BCUT2D eigenvalue weighted by atomic mass is 127. The lowest BCUT2D eigenvalue weighted by Crippen LogP contribution is -2.13. The average Bonchev–Trinajstić information content (AvgIpc) is 3.19. The summed E-state index contributed by atoms with van der Waals surface area (Å²) >= 11 is 2.15. The molecule has 0 spiro atoms. The monoisotopic (exact) mass is 434 g/mol. The van der Waals surface area contributed by atoms with E-state index in [1.807, 2.05) is 23.3 Å². The maximum Gasteiger partial charge on any atom is 0.158 e. The molecule has 124 valence electrons. The van der Waals surface area contributed by atoms with E-state index in [-0.39, 0.29) is 5.41 Å². The predicted octanol–water partition coefficient (Wildman–Crippen LogP) is 4.24. The summed E-state index contributed by atoms with van der Waals surface area (Å²) in [7, 11) is 0. The largest absolute Gasteiger partial charge is 0.345 e. The molecular weight excluding hydrogens is 415 g/mol. The van der Waals surface area contributed by atoms with Crippen LogP contribution in [0, 0.1) is 0 Å². The highest BCUT2D eigenvalue weighted by Gasteiger charge is 2.16. The maximum atomic E-state index is 4.59. The summed E-state index contributed by atoms with van der Waals surface area (Å²) in [5, 5.41) is 0. The van der Waals surface area contributed by atoms with Crippen LogP contribution in [0.25, 0.3) is 33.6 Å². The summed E-state index contributed by atoms with van der Waals surface area (Å²) < 4.78 is 0. The zero-order valence-corrected chi connectivity index (χ0v) is 16.2. The molecule has 0 aliphatic carbocycles. The van der Waals surface area contributed by atoms with Gasteiger partial charge in [0.25, 0.3) is 0 Å². The molecule has 3 heterocycles. The van der Waals surface area contributed by atoms with Crippen molar-refractivity contribution in [1.29, 1.82) is 0 Å². The summed E-state index contributed by atoms with van der Waals surface area (Å²) in [5.41, 5.74) is 5.40. The minimum atomic E-state index is -0.0100. The summed E-state index contributed by atoms with van der Waals surface area (Å²) in [5.74, 6) is 0.718. The Bertz CT molecular complexity index is 914. The molecule has 0 atom stereocenters. The maximum absolute atomic E-state index is 4.59. The molecule has 0 amide bonds.